The molecule has 0 amide bonds. The molecular formula is C16H28N2O2. The molecule has 2 atom stereocenters. The number of pyridine rings is 1. The summed E-state index contributed by atoms with van der Waals surface area (Å²) in [6.45, 7) is 8.15. The molecular weight excluding hydrogens is 252 g/mol. The maximum absolute atomic E-state index is 9.85. The number of nitrogens with one attached hydrogen (secondary N) is 1. The first-order valence-electron chi connectivity index (χ1n) is 7.48. The Hall–Kier alpha value is -0.970. The highest BCUT2D eigenvalue weighted by Crippen LogP contribution is 2.09. The molecule has 0 bridgehead atoms. The van der Waals surface area contributed by atoms with Crippen LogP contribution in [0.1, 0.15) is 45.2 Å². The lowest BCUT2D eigenvalue weighted by Gasteiger charge is -2.17. The third-order valence-corrected chi connectivity index (χ3v) is 3.25. The molecule has 4 heteroatoms. The molecule has 0 saturated carbocycles. The minimum absolute atomic E-state index is 0.202. The number of aliphatic hydroxyl groups is 1. The van der Waals surface area contributed by atoms with Crippen LogP contribution >= 0.6 is 0 Å². The number of hydrogen-bond donors (Lipinski definition) is 2. The van der Waals surface area contributed by atoms with Crippen LogP contribution in [0.2, 0.25) is 0 Å². The van der Waals surface area contributed by atoms with Crippen molar-refractivity contribution in [2.24, 2.45) is 5.92 Å². The van der Waals surface area contributed by atoms with Gasteiger partial charge in [0, 0.05) is 31.6 Å². The zero-order valence-electron chi connectivity index (χ0n) is 12.9. The third kappa shape index (κ3) is 7.58. The van der Waals surface area contributed by atoms with E-state index in [1.54, 1.807) is 12.4 Å². The van der Waals surface area contributed by atoms with E-state index in [4.69, 9.17) is 4.74 Å². The second-order valence-electron chi connectivity index (χ2n) is 5.68. The fourth-order valence-electron chi connectivity index (χ4n) is 1.95. The van der Waals surface area contributed by atoms with Crippen molar-refractivity contribution in [3.8, 4) is 0 Å². The summed E-state index contributed by atoms with van der Waals surface area (Å²) in [5.74, 6) is 0.714. The standard InChI is InChI=1S/C16H28N2O2/c1-13(2)5-4-10-20-12-16(19)11-18-14(3)15-6-8-17-9-7-15/h6-9,13-14,16,18-19H,4-5,10-12H2,1-3H3/t14-,16?/m0/s1. The molecule has 1 rings (SSSR count). The van der Waals surface area contributed by atoms with Gasteiger partial charge in [-0.25, -0.2) is 0 Å². The Labute approximate surface area is 122 Å². The predicted octanol–water partition coefficient (Wildman–Crippen LogP) is 2.55. The van der Waals surface area contributed by atoms with Crippen LogP contribution in [0, 0.1) is 5.92 Å². The molecule has 114 valence electrons. The minimum Gasteiger partial charge on any atom is -0.389 e. The van der Waals surface area contributed by atoms with Gasteiger partial charge in [-0.1, -0.05) is 13.8 Å². The summed E-state index contributed by atoms with van der Waals surface area (Å²) in [7, 11) is 0. The van der Waals surface area contributed by atoms with Crippen LogP contribution in [0.4, 0.5) is 0 Å². The fourth-order valence-corrected chi connectivity index (χ4v) is 1.95. The van der Waals surface area contributed by atoms with Crippen LogP contribution in [-0.4, -0.2) is 36.0 Å². The second-order valence-corrected chi connectivity index (χ2v) is 5.68. The lowest BCUT2D eigenvalue weighted by atomic mass is 10.1. The van der Waals surface area contributed by atoms with Crippen LogP contribution in [0.25, 0.3) is 0 Å². The van der Waals surface area contributed by atoms with Crippen molar-refractivity contribution in [3.05, 3.63) is 30.1 Å². The van der Waals surface area contributed by atoms with Crippen LogP contribution in [0.5, 0.6) is 0 Å². The molecule has 1 unspecified atom stereocenters. The minimum atomic E-state index is -0.460. The van der Waals surface area contributed by atoms with E-state index in [-0.39, 0.29) is 6.04 Å². The van der Waals surface area contributed by atoms with Gasteiger partial charge in [0.2, 0.25) is 0 Å². The number of aliphatic hydroxyl groups excluding tert-OH is 1. The molecule has 0 aliphatic rings. The molecule has 4 nitrogen and oxygen atoms in total. The van der Waals surface area contributed by atoms with Gasteiger partial charge in [0.25, 0.3) is 0 Å². The second kappa shape index (κ2) is 9.86. The van der Waals surface area contributed by atoms with Crippen molar-refractivity contribution >= 4 is 0 Å². The molecule has 0 aliphatic carbocycles. The number of nitrogens with zero attached hydrogens (tertiary/aromatic N) is 1. The maximum atomic E-state index is 9.85. The average molecular weight is 280 g/mol. The Kier molecular flexibility index (Phi) is 8.42. The van der Waals surface area contributed by atoms with Crippen molar-refractivity contribution in [3.63, 3.8) is 0 Å². The molecule has 0 saturated heterocycles. The van der Waals surface area contributed by atoms with E-state index >= 15 is 0 Å². The Balaban J connectivity index is 2.09. The average Bonchev–Trinajstić information content (AvgIpc) is 2.45. The lowest BCUT2D eigenvalue weighted by Crippen LogP contribution is -2.32. The molecule has 2 N–H and O–H groups in total. The Morgan fingerprint density at radius 2 is 1.95 bits per heavy atom. The van der Waals surface area contributed by atoms with E-state index in [1.165, 1.54) is 12.0 Å². The highest BCUT2D eigenvalue weighted by atomic mass is 16.5. The van der Waals surface area contributed by atoms with Crippen LogP contribution < -0.4 is 5.32 Å². The largest absolute Gasteiger partial charge is 0.389 e. The molecule has 1 aromatic heterocycles. The summed E-state index contributed by atoms with van der Waals surface area (Å²) in [5, 5.41) is 13.2. The number of rotatable bonds is 10. The molecule has 0 spiro atoms. The molecule has 20 heavy (non-hydrogen) atoms. The van der Waals surface area contributed by atoms with Gasteiger partial charge in [0.05, 0.1) is 12.7 Å². The van der Waals surface area contributed by atoms with Crippen molar-refractivity contribution in [2.75, 3.05) is 19.8 Å². The Morgan fingerprint density at radius 3 is 2.60 bits per heavy atom. The predicted molar refractivity (Wildman–Crippen MR) is 81.6 cm³/mol. The monoisotopic (exact) mass is 280 g/mol. The van der Waals surface area contributed by atoms with Gasteiger partial charge in [0.1, 0.15) is 0 Å². The summed E-state index contributed by atoms with van der Waals surface area (Å²) in [6.07, 6.45) is 5.33. The number of hydrogen-bond acceptors (Lipinski definition) is 4. The lowest BCUT2D eigenvalue weighted by molar-refractivity contribution is 0.0337. The molecule has 0 aliphatic heterocycles. The van der Waals surface area contributed by atoms with Gasteiger partial charge in [0.15, 0.2) is 0 Å². The smallest absolute Gasteiger partial charge is 0.0897 e. The summed E-state index contributed by atoms with van der Waals surface area (Å²) >= 11 is 0. The molecule has 1 aromatic rings. The first-order chi connectivity index (χ1) is 9.59. The topological polar surface area (TPSA) is 54.4 Å². The highest BCUT2D eigenvalue weighted by molar-refractivity contribution is 5.13. The normalized spacial score (nSPS) is 14.4. The van der Waals surface area contributed by atoms with Gasteiger partial charge in [-0.05, 0) is 43.4 Å². The third-order valence-electron chi connectivity index (χ3n) is 3.25. The number of ether oxygens (including phenoxy) is 1. The van der Waals surface area contributed by atoms with Gasteiger partial charge in [-0.2, -0.15) is 0 Å². The van der Waals surface area contributed by atoms with E-state index in [9.17, 15) is 5.11 Å². The van der Waals surface area contributed by atoms with Crippen LogP contribution in [-0.2, 0) is 4.74 Å². The van der Waals surface area contributed by atoms with Gasteiger partial charge >= 0.3 is 0 Å². The zero-order chi connectivity index (χ0) is 14.8. The van der Waals surface area contributed by atoms with E-state index in [0.717, 1.165) is 13.0 Å². The van der Waals surface area contributed by atoms with Gasteiger partial charge in [-0.3, -0.25) is 4.98 Å². The summed E-state index contributed by atoms with van der Waals surface area (Å²) in [6, 6.07) is 4.16. The summed E-state index contributed by atoms with van der Waals surface area (Å²) in [4.78, 5) is 4.00. The molecule has 0 radical (unpaired) electrons. The SMILES string of the molecule is CC(C)CCCOCC(O)CN[C@@H](C)c1ccncc1. The first kappa shape index (κ1) is 17.1. The summed E-state index contributed by atoms with van der Waals surface area (Å²) in [5.41, 5.74) is 1.17. The maximum Gasteiger partial charge on any atom is 0.0897 e. The highest BCUT2D eigenvalue weighted by Gasteiger charge is 2.08. The Morgan fingerprint density at radius 1 is 1.25 bits per heavy atom. The first-order valence-corrected chi connectivity index (χ1v) is 7.48. The van der Waals surface area contributed by atoms with Gasteiger partial charge in [-0.15, -0.1) is 0 Å². The van der Waals surface area contributed by atoms with Crippen molar-refractivity contribution in [1.29, 1.82) is 0 Å². The molecule has 0 fully saturated rings. The van der Waals surface area contributed by atoms with E-state index in [2.05, 4.69) is 31.1 Å². The van der Waals surface area contributed by atoms with E-state index < -0.39 is 6.10 Å². The van der Waals surface area contributed by atoms with E-state index in [1.807, 2.05) is 12.1 Å². The number of aromatic nitrogens is 1. The van der Waals surface area contributed by atoms with E-state index in [0.29, 0.717) is 19.1 Å². The van der Waals surface area contributed by atoms with Crippen LogP contribution in [0.3, 0.4) is 0 Å². The van der Waals surface area contributed by atoms with Crippen LogP contribution in [0.15, 0.2) is 24.5 Å². The van der Waals surface area contributed by atoms with Crippen molar-refractivity contribution in [1.82, 2.24) is 10.3 Å². The molecule has 1 heterocycles. The van der Waals surface area contributed by atoms with Gasteiger partial charge < -0.3 is 15.2 Å². The molecule has 0 aromatic carbocycles. The quantitative estimate of drug-likeness (QED) is 0.647. The van der Waals surface area contributed by atoms with Crippen molar-refractivity contribution < 1.29 is 9.84 Å². The summed E-state index contributed by atoms with van der Waals surface area (Å²) < 4.78 is 5.48. The van der Waals surface area contributed by atoms with Crippen molar-refractivity contribution in [2.45, 2.75) is 45.8 Å². The zero-order valence-corrected chi connectivity index (χ0v) is 12.9. The fraction of sp³-hybridized carbons (Fsp3) is 0.688. The Bertz CT molecular complexity index is 344.